The minimum Gasteiger partial charge on any atom is -0.493 e. The van der Waals surface area contributed by atoms with E-state index in [1.54, 1.807) is 42.5 Å². The normalized spacial score (nSPS) is 22.9. The Hall–Kier alpha value is -4.88. The van der Waals surface area contributed by atoms with Crippen LogP contribution in [0, 0.1) is 5.92 Å². The summed E-state index contributed by atoms with van der Waals surface area (Å²) in [6.45, 7) is 0. The summed E-state index contributed by atoms with van der Waals surface area (Å²) < 4.78 is 10.9. The summed E-state index contributed by atoms with van der Waals surface area (Å²) in [7, 11) is 3.02. The van der Waals surface area contributed by atoms with Crippen LogP contribution in [0.3, 0.4) is 0 Å². The molecule has 7 nitrogen and oxygen atoms in total. The number of Topliss-reactive ketones (excluding diaryl/α,β-unsaturated/α-hetero) is 2. The van der Waals surface area contributed by atoms with Gasteiger partial charge in [-0.2, -0.15) is 0 Å². The van der Waals surface area contributed by atoms with Gasteiger partial charge in [0.25, 0.3) is 0 Å². The van der Waals surface area contributed by atoms with E-state index >= 15 is 0 Å². The molecule has 43 heavy (non-hydrogen) atoms. The smallest absolute Gasteiger partial charge is 0.238 e. The van der Waals surface area contributed by atoms with Gasteiger partial charge in [0, 0.05) is 23.0 Å². The molecule has 1 N–H and O–H groups in total. The molecule has 0 unspecified atom stereocenters. The second kappa shape index (κ2) is 10.1. The lowest BCUT2D eigenvalue weighted by atomic mass is 9.62. The SMILES string of the molecule is COc1ccc(C(=O)[C@@H]2[C@H](C(=O)c3ccccc3Cl)[C@]3(C(=O)Nc4ccccc43)[C@H]3c4ccccc4C=CN23)cc1OC. The Bertz CT molecular complexity index is 1850. The van der Waals surface area contributed by atoms with Crippen LogP contribution < -0.4 is 14.8 Å². The van der Waals surface area contributed by atoms with Gasteiger partial charge in [-0.05, 0) is 59.2 Å². The predicted octanol–water partition coefficient (Wildman–Crippen LogP) is 6.34. The summed E-state index contributed by atoms with van der Waals surface area (Å²) in [5.41, 5.74) is 2.22. The zero-order chi connectivity index (χ0) is 29.9. The zero-order valence-corrected chi connectivity index (χ0v) is 24.2. The van der Waals surface area contributed by atoms with Crippen molar-refractivity contribution < 1.29 is 23.9 Å². The van der Waals surface area contributed by atoms with Crippen LogP contribution in [-0.2, 0) is 10.2 Å². The molecule has 0 saturated carbocycles. The quantitative estimate of drug-likeness (QED) is 0.264. The standard InChI is InChI=1S/C35H27ClN2O5/c1-42-27-16-15-21(19-28(27)43-2)31(39)30-29(32(40)23-11-5-7-13-25(23)36)35(24-12-6-8-14-26(24)37-34(35)41)33-22-10-4-3-9-20(22)17-18-38(30)33/h3-19,29-30,33H,1-2H3,(H,37,41)/t29-,30+,33-,35+/m1/s1. The van der Waals surface area contributed by atoms with Crippen molar-refractivity contribution in [3.63, 3.8) is 0 Å². The van der Waals surface area contributed by atoms with E-state index in [0.717, 1.165) is 11.1 Å². The van der Waals surface area contributed by atoms with Gasteiger partial charge in [-0.3, -0.25) is 14.4 Å². The molecule has 4 aromatic carbocycles. The number of methoxy groups -OCH3 is 2. The molecule has 1 spiro atoms. The van der Waals surface area contributed by atoms with Gasteiger partial charge in [-0.1, -0.05) is 66.2 Å². The maximum absolute atomic E-state index is 14.9. The van der Waals surface area contributed by atoms with E-state index in [9.17, 15) is 14.4 Å². The van der Waals surface area contributed by atoms with Crippen molar-refractivity contribution in [3.05, 3.63) is 130 Å². The van der Waals surface area contributed by atoms with Crippen molar-refractivity contribution in [2.75, 3.05) is 19.5 Å². The first-order valence-corrected chi connectivity index (χ1v) is 14.3. The van der Waals surface area contributed by atoms with Crippen LogP contribution >= 0.6 is 11.6 Å². The maximum Gasteiger partial charge on any atom is 0.238 e. The number of ether oxygens (including phenoxy) is 2. The first kappa shape index (κ1) is 27.0. The van der Waals surface area contributed by atoms with Gasteiger partial charge in [0.15, 0.2) is 23.1 Å². The maximum atomic E-state index is 14.9. The number of amides is 1. The molecule has 8 heteroatoms. The lowest BCUT2D eigenvalue weighted by Gasteiger charge is -2.38. The summed E-state index contributed by atoms with van der Waals surface area (Å²) in [5, 5.41) is 3.31. The fraction of sp³-hybridized carbons (Fsp3) is 0.171. The van der Waals surface area contributed by atoms with Crippen molar-refractivity contribution in [2.45, 2.75) is 17.5 Å². The van der Waals surface area contributed by atoms with Gasteiger partial charge >= 0.3 is 0 Å². The monoisotopic (exact) mass is 590 g/mol. The summed E-state index contributed by atoms with van der Waals surface area (Å²) in [5.74, 6) is -1.31. The number of hydrogen-bond acceptors (Lipinski definition) is 6. The molecular formula is C35H27ClN2O5. The van der Waals surface area contributed by atoms with Crippen LogP contribution in [0.4, 0.5) is 5.69 Å². The van der Waals surface area contributed by atoms with E-state index in [0.29, 0.717) is 28.3 Å². The summed E-state index contributed by atoms with van der Waals surface area (Å²) in [6, 6.07) is 25.2. The minimum absolute atomic E-state index is 0.257. The second-order valence-electron chi connectivity index (χ2n) is 10.9. The van der Waals surface area contributed by atoms with Gasteiger partial charge in [-0.15, -0.1) is 0 Å². The molecule has 1 fully saturated rings. The first-order chi connectivity index (χ1) is 20.9. The number of para-hydroxylation sites is 1. The van der Waals surface area contributed by atoms with Crippen LogP contribution in [-0.4, -0.2) is 42.6 Å². The van der Waals surface area contributed by atoms with Crippen molar-refractivity contribution in [3.8, 4) is 11.5 Å². The van der Waals surface area contributed by atoms with Crippen LogP contribution in [0.2, 0.25) is 5.02 Å². The number of hydrogen-bond donors (Lipinski definition) is 1. The van der Waals surface area contributed by atoms with Crippen molar-refractivity contribution in [1.82, 2.24) is 4.90 Å². The number of ketones is 2. The number of nitrogens with one attached hydrogen (secondary N) is 1. The van der Waals surface area contributed by atoms with Crippen molar-refractivity contribution in [2.24, 2.45) is 5.92 Å². The molecule has 4 atom stereocenters. The first-order valence-electron chi connectivity index (χ1n) is 13.9. The number of benzene rings is 4. The van der Waals surface area contributed by atoms with Gasteiger partial charge < -0.3 is 19.7 Å². The fourth-order valence-corrected chi connectivity index (χ4v) is 7.39. The average molecular weight is 591 g/mol. The number of carbonyl (C=O) groups excluding carboxylic acids is 3. The Kier molecular flexibility index (Phi) is 6.36. The van der Waals surface area contributed by atoms with Crippen LogP contribution in [0.25, 0.3) is 6.08 Å². The van der Waals surface area contributed by atoms with Gasteiger partial charge in [0.2, 0.25) is 5.91 Å². The zero-order valence-electron chi connectivity index (χ0n) is 23.4. The van der Waals surface area contributed by atoms with Crippen LogP contribution in [0.5, 0.6) is 11.5 Å². The third-order valence-corrected chi connectivity index (χ3v) is 9.26. The highest BCUT2D eigenvalue weighted by Crippen LogP contribution is 2.62. The van der Waals surface area contributed by atoms with E-state index in [2.05, 4.69) is 5.32 Å². The number of rotatable bonds is 6. The third-order valence-electron chi connectivity index (χ3n) is 8.93. The molecule has 7 rings (SSSR count). The third kappa shape index (κ3) is 3.78. The Morgan fingerprint density at radius 3 is 2.37 bits per heavy atom. The molecule has 3 heterocycles. The molecule has 0 aromatic heterocycles. The molecular weight excluding hydrogens is 564 g/mol. The molecule has 1 saturated heterocycles. The van der Waals surface area contributed by atoms with Crippen molar-refractivity contribution in [1.29, 1.82) is 0 Å². The Morgan fingerprint density at radius 2 is 1.58 bits per heavy atom. The van der Waals surface area contributed by atoms with Gasteiger partial charge in [0.05, 0.1) is 31.2 Å². The molecule has 3 aliphatic rings. The highest BCUT2D eigenvalue weighted by molar-refractivity contribution is 6.34. The lowest BCUT2D eigenvalue weighted by Crippen LogP contribution is -2.49. The number of anilines is 1. The number of carbonyl (C=O) groups is 3. The number of halogens is 1. The predicted molar refractivity (Wildman–Crippen MR) is 164 cm³/mol. The van der Waals surface area contributed by atoms with E-state index in [1.165, 1.54) is 14.2 Å². The lowest BCUT2D eigenvalue weighted by molar-refractivity contribution is -0.122. The highest BCUT2D eigenvalue weighted by Gasteiger charge is 2.70. The largest absolute Gasteiger partial charge is 0.493 e. The number of fused-ring (bicyclic) bond motifs is 6. The van der Waals surface area contributed by atoms with Crippen LogP contribution in [0.1, 0.15) is 43.4 Å². The Morgan fingerprint density at radius 1 is 0.860 bits per heavy atom. The Balaban J connectivity index is 1.53. The highest BCUT2D eigenvalue weighted by atomic mass is 35.5. The van der Waals surface area contributed by atoms with E-state index in [4.69, 9.17) is 21.1 Å². The summed E-state index contributed by atoms with van der Waals surface area (Å²) in [4.78, 5) is 46.1. The molecule has 3 aliphatic heterocycles. The molecule has 4 aromatic rings. The second-order valence-corrected chi connectivity index (χ2v) is 11.3. The minimum atomic E-state index is -1.44. The summed E-state index contributed by atoms with van der Waals surface area (Å²) >= 11 is 6.62. The Labute approximate surface area is 253 Å². The molecule has 1 amide bonds. The summed E-state index contributed by atoms with van der Waals surface area (Å²) in [6.07, 6.45) is 3.77. The van der Waals surface area contributed by atoms with E-state index < -0.39 is 23.4 Å². The molecule has 0 bridgehead atoms. The average Bonchev–Trinajstić information content (AvgIpc) is 3.52. The molecule has 0 aliphatic carbocycles. The van der Waals surface area contributed by atoms with E-state index in [-0.39, 0.29) is 28.1 Å². The van der Waals surface area contributed by atoms with Crippen molar-refractivity contribution >= 4 is 40.8 Å². The van der Waals surface area contributed by atoms with Crippen LogP contribution in [0.15, 0.2) is 97.2 Å². The fourth-order valence-electron chi connectivity index (χ4n) is 7.16. The topological polar surface area (TPSA) is 84.9 Å². The molecule has 0 radical (unpaired) electrons. The van der Waals surface area contributed by atoms with Gasteiger partial charge in [0.1, 0.15) is 11.5 Å². The van der Waals surface area contributed by atoms with E-state index in [1.807, 2.05) is 65.7 Å². The molecule has 214 valence electrons. The number of nitrogens with zero attached hydrogens (tertiary/aromatic N) is 1. The van der Waals surface area contributed by atoms with Gasteiger partial charge in [-0.25, -0.2) is 0 Å².